The highest BCUT2D eigenvalue weighted by molar-refractivity contribution is 8.00. The Morgan fingerprint density at radius 2 is 1.94 bits per heavy atom. The van der Waals surface area contributed by atoms with Crippen molar-refractivity contribution in [2.45, 2.75) is 32.3 Å². The maximum Gasteiger partial charge on any atom is 0.332 e. The van der Waals surface area contributed by atoms with Gasteiger partial charge in [-0.2, -0.15) is 0 Å². The van der Waals surface area contributed by atoms with Gasteiger partial charge in [-0.1, -0.05) is 43.8 Å². The number of aryl methyl sites for hydroxylation is 1. The molecule has 0 radical (unpaired) electrons. The minimum atomic E-state index is -0.456. The van der Waals surface area contributed by atoms with E-state index in [4.69, 9.17) is 0 Å². The number of benzene rings is 1. The van der Waals surface area contributed by atoms with Gasteiger partial charge < -0.3 is 4.98 Å². The number of carbonyl (C=O) groups excluding carboxylic acids is 1. The largest absolute Gasteiger partial charge is 0.360 e. The lowest BCUT2D eigenvalue weighted by molar-refractivity contribution is 0.102. The van der Waals surface area contributed by atoms with Crippen LogP contribution >= 0.6 is 11.8 Å². The summed E-state index contributed by atoms with van der Waals surface area (Å²) in [5, 5.41) is 1.54. The first-order valence-electron chi connectivity index (χ1n) is 9.98. The zero-order valence-corrected chi connectivity index (χ0v) is 18.6. The van der Waals surface area contributed by atoms with Crippen LogP contribution in [0.4, 0.5) is 0 Å². The molecule has 0 aliphatic rings. The number of aromatic nitrogens is 5. The van der Waals surface area contributed by atoms with E-state index in [1.165, 1.54) is 23.4 Å². The van der Waals surface area contributed by atoms with Gasteiger partial charge >= 0.3 is 5.69 Å². The number of rotatable bonds is 6. The number of thioether (sulfide) groups is 1. The Kier molecular flexibility index (Phi) is 5.53. The number of carbonyl (C=O) groups is 1. The predicted octanol–water partition coefficient (Wildman–Crippen LogP) is 2.91. The molecule has 0 unspecified atom stereocenters. The molecule has 8 nitrogen and oxygen atoms in total. The first-order valence-corrected chi connectivity index (χ1v) is 11.0. The monoisotopic (exact) mass is 437 g/mol. The maximum absolute atomic E-state index is 12.9. The van der Waals surface area contributed by atoms with E-state index >= 15 is 0 Å². The molecule has 0 amide bonds. The predicted molar refractivity (Wildman–Crippen MR) is 122 cm³/mol. The molecule has 1 N–H and O–H groups in total. The molecule has 4 aromatic rings. The Labute approximate surface area is 182 Å². The van der Waals surface area contributed by atoms with Crippen molar-refractivity contribution in [2.24, 2.45) is 13.0 Å². The van der Waals surface area contributed by atoms with E-state index in [9.17, 15) is 14.4 Å². The number of para-hydroxylation sites is 1. The Morgan fingerprint density at radius 3 is 2.68 bits per heavy atom. The van der Waals surface area contributed by atoms with Crippen molar-refractivity contribution in [1.29, 1.82) is 0 Å². The van der Waals surface area contributed by atoms with Crippen LogP contribution in [0, 0.1) is 12.8 Å². The van der Waals surface area contributed by atoms with Crippen molar-refractivity contribution < 1.29 is 4.79 Å². The lowest BCUT2D eigenvalue weighted by atomic mass is 10.1. The van der Waals surface area contributed by atoms with Crippen molar-refractivity contribution in [3.05, 3.63) is 62.7 Å². The van der Waals surface area contributed by atoms with E-state index in [1.807, 2.05) is 38.1 Å². The van der Waals surface area contributed by atoms with E-state index in [0.29, 0.717) is 28.6 Å². The standard InChI is InChI=1S/C22H23N5O3S/c1-12(2)10-27-19-18(21(29)26(4)22(27)30)20(25-13(3)24-19)31-11-17(28)15-9-23-16-8-6-5-7-14(15)16/h5-9,12,23H,10-11H2,1-4H3. The number of aromatic amines is 1. The minimum absolute atomic E-state index is 0.0702. The summed E-state index contributed by atoms with van der Waals surface area (Å²) in [5.74, 6) is 0.673. The zero-order chi connectivity index (χ0) is 22.3. The number of nitrogens with one attached hydrogen (secondary N) is 1. The fraction of sp³-hybridized carbons (Fsp3) is 0.318. The van der Waals surface area contributed by atoms with Gasteiger partial charge in [0.2, 0.25) is 0 Å². The second-order valence-corrected chi connectivity index (χ2v) is 8.85. The van der Waals surface area contributed by atoms with Gasteiger partial charge in [0.15, 0.2) is 11.4 Å². The molecule has 0 saturated heterocycles. The Bertz CT molecular complexity index is 1430. The number of hydrogen-bond acceptors (Lipinski definition) is 6. The molecular weight excluding hydrogens is 414 g/mol. The van der Waals surface area contributed by atoms with Gasteiger partial charge in [0.25, 0.3) is 5.56 Å². The lowest BCUT2D eigenvalue weighted by Crippen LogP contribution is -2.39. The first kappa shape index (κ1) is 21.0. The Morgan fingerprint density at radius 1 is 1.19 bits per heavy atom. The van der Waals surface area contributed by atoms with Crippen molar-refractivity contribution in [1.82, 2.24) is 24.1 Å². The maximum atomic E-state index is 12.9. The van der Waals surface area contributed by atoms with Gasteiger partial charge in [0.1, 0.15) is 16.2 Å². The zero-order valence-electron chi connectivity index (χ0n) is 17.8. The van der Waals surface area contributed by atoms with E-state index in [1.54, 1.807) is 13.1 Å². The molecule has 0 aliphatic carbocycles. The number of nitrogens with zero attached hydrogens (tertiary/aromatic N) is 4. The highest BCUT2D eigenvalue weighted by atomic mass is 32.2. The Balaban J connectivity index is 1.77. The molecule has 0 saturated carbocycles. The highest BCUT2D eigenvalue weighted by Crippen LogP contribution is 2.25. The molecule has 3 heterocycles. The molecular formula is C22H23N5O3S. The van der Waals surface area contributed by atoms with Gasteiger partial charge in [-0.25, -0.2) is 14.8 Å². The fourth-order valence-electron chi connectivity index (χ4n) is 3.59. The fourth-order valence-corrected chi connectivity index (χ4v) is 4.53. The normalized spacial score (nSPS) is 11.6. The Hall–Kier alpha value is -3.20. The first-order chi connectivity index (χ1) is 14.8. The van der Waals surface area contributed by atoms with Crippen molar-refractivity contribution in [3.8, 4) is 0 Å². The molecule has 0 spiro atoms. The van der Waals surface area contributed by atoms with Gasteiger partial charge in [-0.3, -0.25) is 18.7 Å². The van der Waals surface area contributed by atoms with E-state index in [0.717, 1.165) is 15.5 Å². The third kappa shape index (κ3) is 3.81. The van der Waals surface area contributed by atoms with Crippen LogP contribution in [0.5, 0.6) is 0 Å². The average molecular weight is 438 g/mol. The summed E-state index contributed by atoms with van der Waals surface area (Å²) in [5.41, 5.74) is 0.946. The minimum Gasteiger partial charge on any atom is -0.360 e. The summed E-state index contributed by atoms with van der Waals surface area (Å²) in [6.07, 6.45) is 1.70. The van der Waals surface area contributed by atoms with Crippen LogP contribution in [0.3, 0.4) is 0 Å². The van der Waals surface area contributed by atoms with Gasteiger partial charge in [-0.15, -0.1) is 0 Å². The number of fused-ring (bicyclic) bond motifs is 2. The van der Waals surface area contributed by atoms with E-state index in [2.05, 4.69) is 15.0 Å². The van der Waals surface area contributed by atoms with Crippen molar-refractivity contribution >= 4 is 39.5 Å². The molecule has 0 aliphatic heterocycles. The lowest BCUT2D eigenvalue weighted by Gasteiger charge is -2.15. The molecule has 4 rings (SSSR count). The number of Topliss-reactive ketones (excluding diaryl/α,β-unsaturated/α-hetero) is 1. The molecule has 31 heavy (non-hydrogen) atoms. The van der Waals surface area contributed by atoms with Crippen LogP contribution in [-0.2, 0) is 13.6 Å². The smallest absolute Gasteiger partial charge is 0.332 e. The van der Waals surface area contributed by atoms with Gasteiger partial charge in [0, 0.05) is 36.3 Å². The summed E-state index contributed by atoms with van der Waals surface area (Å²) in [4.78, 5) is 50.5. The van der Waals surface area contributed by atoms with Gasteiger partial charge in [-0.05, 0) is 18.9 Å². The molecule has 3 aromatic heterocycles. The van der Waals surface area contributed by atoms with Crippen LogP contribution in [0.15, 0.2) is 45.1 Å². The second-order valence-electron chi connectivity index (χ2n) is 7.89. The summed E-state index contributed by atoms with van der Waals surface area (Å²) in [7, 11) is 1.45. The summed E-state index contributed by atoms with van der Waals surface area (Å²) in [6, 6.07) is 7.61. The topological polar surface area (TPSA) is 103 Å². The van der Waals surface area contributed by atoms with Crippen LogP contribution in [0.25, 0.3) is 21.9 Å². The van der Waals surface area contributed by atoms with Crippen molar-refractivity contribution in [2.75, 3.05) is 5.75 Å². The second kappa shape index (κ2) is 8.14. The van der Waals surface area contributed by atoms with Crippen LogP contribution < -0.4 is 11.2 Å². The number of ketones is 1. The third-order valence-electron chi connectivity index (χ3n) is 5.04. The summed E-state index contributed by atoms with van der Waals surface area (Å²) >= 11 is 1.19. The quantitative estimate of drug-likeness (QED) is 0.283. The number of hydrogen-bond donors (Lipinski definition) is 1. The van der Waals surface area contributed by atoms with Crippen LogP contribution in [0.1, 0.15) is 30.0 Å². The third-order valence-corrected chi connectivity index (χ3v) is 6.01. The molecule has 9 heteroatoms. The SMILES string of the molecule is Cc1nc(SCC(=O)c2c[nH]c3ccccc23)c2c(=O)n(C)c(=O)n(CC(C)C)c2n1. The molecule has 0 bridgehead atoms. The highest BCUT2D eigenvalue weighted by Gasteiger charge is 2.20. The molecule has 1 aromatic carbocycles. The average Bonchev–Trinajstić information content (AvgIpc) is 3.17. The van der Waals surface area contributed by atoms with Gasteiger partial charge in [0.05, 0.1) is 5.75 Å². The number of H-pyrrole nitrogens is 1. The summed E-state index contributed by atoms with van der Waals surface area (Å²) < 4.78 is 2.59. The molecule has 160 valence electrons. The van der Waals surface area contributed by atoms with Crippen molar-refractivity contribution in [3.63, 3.8) is 0 Å². The summed E-state index contributed by atoms with van der Waals surface area (Å²) in [6.45, 7) is 6.13. The van der Waals surface area contributed by atoms with Crippen LogP contribution in [-0.4, -0.2) is 35.6 Å². The molecule has 0 atom stereocenters. The van der Waals surface area contributed by atoms with Crippen LogP contribution in [0.2, 0.25) is 0 Å². The molecule has 0 fully saturated rings. The van der Waals surface area contributed by atoms with E-state index < -0.39 is 11.2 Å². The van der Waals surface area contributed by atoms with E-state index in [-0.39, 0.29) is 22.8 Å².